The smallest absolute Gasteiger partial charge is 0.452 e. The quantitative estimate of drug-likeness (QED) is 0.309. The molecule has 186 valence electrons. The van der Waals surface area contributed by atoms with Gasteiger partial charge in [0, 0.05) is 10.6 Å². The summed E-state index contributed by atoms with van der Waals surface area (Å²) >= 11 is 6.09. The predicted molar refractivity (Wildman–Crippen MR) is 110 cm³/mol. The third-order valence-electron chi connectivity index (χ3n) is 5.25. The molecule has 0 amide bonds. The molecular weight excluding hydrogens is 504 g/mol. The van der Waals surface area contributed by atoms with Crippen LogP contribution in [0.2, 0.25) is 5.02 Å². The van der Waals surface area contributed by atoms with E-state index in [9.17, 15) is 31.1 Å². The monoisotopic (exact) mass is 519 g/mol. The number of aromatic nitrogens is 3. The van der Waals surface area contributed by atoms with Crippen molar-refractivity contribution in [1.29, 1.82) is 0 Å². The second-order valence-electron chi connectivity index (χ2n) is 7.52. The zero-order chi connectivity index (χ0) is 25.5. The van der Waals surface area contributed by atoms with E-state index in [1.807, 2.05) is 0 Å². The lowest BCUT2D eigenvalue weighted by atomic mass is 9.95. The summed E-state index contributed by atoms with van der Waals surface area (Å²) in [5.74, 6) is -2.69. The number of benzene rings is 2. The van der Waals surface area contributed by atoms with Gasteiger partial charge in [-0.1, -0.05) is 29.8 Å². The number of alkyl halides is 6. The SMILES string of the molecule is CCOC(=O)CC1OC(c2ccccc2C(F)(F)F)c2cc(Cl)ccc2-n2c1nnc2C(F)(F)F. The zero-order valence-electron chi connectivity index (χ0n) is 17.8. The van der Waals surface area contributed by atoms with Gasteiger partial charge in [0.05, 0.1) is 24.3 Å². The molecule has 0 saturated heterocycles. The molecule has 6 nitrogen and oxygen atoms in total. The van der Waals surface area contributed by atoms with Crippen LogP contribution in [0.3, 0.4) is 0 Å². The number of hydrogen-bond acceptors (Lipinski definition) is 5. The highest BCUT2D eigenvalue weighted by Crippen LogP contribution is 2.46. The number of halogens is 7. The second-order valence-corrected chi connectivity index (χ2v) is 7.95. The minimum Gasteiger partial charge on any atom is -0.466 e. The molecular formula is C22H16ClF6N3O3. The Balaban J connectivity index is 2.00. The maximum absolute atomic E-state index is 13.9. The maximum Gasteiger partial charge on any atom is 0.452 e. The number of rotatable bonds is 4. The van der Waals surface area contributed by atoms with Crippen LogP contribution in [-0.4, -0.2) is 27.3 Å². The van der Waals surface area contributed by atoms with E-state index in [1.165, 1.54) is 37.3 Å². The topological polar surface area (TPSA) is 66.2 Å². The highest BCUT2D eigenvalue weighted by atomic mass is 35.5. The zero-order valence-corrected chi connectivity index (χ0v) is 18.6. The summed E-state index contributed by atoms with van der Waals surface area (Å²) in [6, 6.07) is 8.19. The molecule has 0 N–H and O–H groups in total. The Morgan fingerprint density at radius 1 is 1.06 bits per heavy atom. The summed E-state index contributed by atoms with van der Waals surface area (Å²) in [6.45, 7) is 1.50. The highest BCUT2D eigenvalue weighted by Gasteiger charge is 2.45. The molecule has 13 heteroatoms. The van der Waals surface area contributed by atoms with Crippen molar-refractivity contribution in [3.63, 3.8) is 0 Å². The standard InChI is InChI=1S/C22H16ClF6N3O3/c1-2-34-17(33)10-16-19-30-31-20(22(27,28)29)32(19)15-8-7-11(23)9-13(15)18(35-16)12-5-3-4-6-14(12)21(24,25)26/h3-9,16,18H,2,10H2,1H3. The summed E-state index contributed by atoms with van der Waals surface area (Å²) < 4.78 is 94.5. The molecule has 4 rings (SSSR count). The number of carbonyl (C=O) groups is 1. The van der Waals surface area contributed by atoms with Gasteiger partial charge in [-0.2, -0.15) is 26.3 Å². The van der Waals surface area contributed by atoms with Crippen molar-refractivity contribution in [2.75, 3.05) is 6.61 Å². The van der Waals surface area contributed by atoms with Crippen LogP contribution < -0.4 is 0 Å². The molecule has 2 unspecified atom stereocenters. The first kappa shape index (κ1) is 25.0. The van der Waals surface area contributed by atoms with Crippen LogP contribution in [0.4, 0.5) is 26.3 Å². The predicted octanol–water partition coefficient (Wildman–Crippen LogP) is 6.07. The van der Waals surface area contributed by atoms with Crippen LogP contribution in [0, 0.1) is 0 Å². The van der Waals surface area contributed by atoms with Gasteiger partial charge in [-0.05, 0) is 36.8 Å². The third kappa shape index (κ3) is 4.85. The fourth-order valence-electron chi connectivity index (χ4n) is 3.90. The second kappa shape index (κ2) is 9.15. The van der Waals surface area contributed by atoms with E-state index in [0.29, 0.717) is 4.57 Å². The Bertz CT molecular complexity index is 1260. The molecule has 0 saturated carbocycles. The molecule has 2 aromatic carbocycles. The van der Waals surface area contributed by atoms with Crippen LogP contribution in [0.15, 0.2) is 42.5 Å². The molecule has 1 aromatic heterocycles. The van der Waals surface area contributed by atoms with Crippen molar-refractivity contribution in [1.82, 2.24) is 14.8 Å². The third-order valence-corrected chi connectivity index (χ3v) is 5.48. The Morgan fingerprint density at radius 2 is 1.77 bits per heavy atom. The Labute approximate surface area is 199 Å². The number of fused-ring (bicyclic) bond motifs is 3. The van der Waals surface area contributed by atoms with Gasteiger partial charge in [0.1, 0.15) is 12.2 Å². The van der Waals surface area contributed by atoms with E-state index in [0.717, 1.165) is 12.1 Å². The fourth-order valence-corrected chi connectivity index (χ4v) is 4.08. The Morgan fingerprint density at radius 3 is 2.43 bits per heavy atom. The van der Waals surface area contributed by atoms with Gasteiger partial charge < -0.3 is 9.47 Å². The minimum atomic E-state index is -4.97. The first-order valence-electron chi connectivity index (χ1n) is 10.2. The van der Waals surface area contributed by atoms with Crippen molar-refractivity contribution in [3.8, 4) is 5.69 Å². The summed E-state index contributed by atoms with van der Waals surface area (Å²) in [4.78, 5) is 12.3. The molecule has 0 spiro atoms. The van der Waals surface area contributed by atoms with E-state index < -0.39 is 54.2 Å². The first-order valence-corrected chi connectivity index (χ1v) is 10.6. The van der Waals surface area contributed by atoms with Crippen LogP contribution in [-0.2, 0) is 26.6 Å². The van der Waals surface area contributed by atoms with Gasteiger partial charge in [0.15, 0.2) is 5.82 Å². The Hall–Kier alpha value is -3.12. The van der Waals surface area contributed by atoms with E-state index in [2.05, 4.69) is 10.2 Å². The van der Waals surface area contributed by atoms with Crippen molar-refractivity contribution >= 4 is 17.6 Å². The van der Waals surface area contributed by atoms with Crippen molar-refractivity contribution in [3.05, 3.63) is 75.8 Å². The minimum absolute atomic E-state index is 0.0256. The number of carbonyl (C=O) groups excluding carboxylic acids is 1. The highest BCUT2D eigenvalue weighted by molar-refractivity contribution is 6.30. The summed E-state index contributed by atoms with van der Waals surface area (Å²) in [7, 11) is 0. The Kier molecular flexibility index (Phi) is 6.54. The van der Waals surface area contributed by atoms with Crippen molar-refractivity contribution in [2.45, 2.75) is 37.9 Å². The number of nitrogens with zero attached hydrogens (tertiary/aromatic N) is 3. The molecule has 35 heavy (non-hydrogen) atoms. The number of esters is 1. The van der Waals surface area contributed by atoms with Gasteiger partial charge in [0.25, 0.3) is 0 Å². The molecule has 0 fully saturated rings. The van der Waals surface area contributed by atoms with E-state index >= 15 is 0 Å². The molecule has 0 aliphatic carbocycles. The average Bonchev–Trinajstić information content (AvgIpc) is 3.17. The molecule has 0 radical (unpaired) electrons. The average molecular weight is 520 g/mol. The van der Waals surface area contributed by atoms with Crippen LogP contribution in [0.5, 0.6) is 0 Å². The fraction of sp³-hybridized carbons (Fsp3) is 0.318. The van der Waals surface area contributed by atoms with E-state index in [1.54, 1.807) is 0 Å². The van der Waals surface area contributed by atoms with Gasteiger partial charge in [-0.25, -0.2) is 0 Å². The van der Waals surface area contributed by atoms with Gasteiger partial charge in [-0.3, -0.25) is 9.36 Å². The molecule has 0 bridgehead atoms. The summed E-state index contributed by atoms with van der Waals surface area (Å²) in [6.07, 6.45) is -13.5. The van der Waals surface area contributed by atoms with E-state index in [4.69, 9.17) is 21.1 Å². The molecule has 1 aliphatic heterocycles. The van der Waals surface area contributed by atoms with Crippen molar-refractivity contribution < 1.29 is 40.6 Å². The van der Waals surface area contributed by atoms with Crippen LogP contribution in [0.1, 0.15) is 53.9 Å². The van der Waals surface area contributed by atoms with E-state index in [-0.39, 0.29) is 28.4 Å². The lowest BCUT2D eigenvalue weighted by molar-refractivity contribution is -0.149. The van der Waals surface area contributed by atoms with Crippen molar-refractivity contribution in [2.24, 2.45) is 0 Å². The summed E-state index contributed by atoms with van der Waals surface area (Å²) in [5.41, 5.74) is -1.70. The molecule has 3 aromatic rings. The number of ether oxygens (including phenoxy) is 2. The molecule has 2 atom stereocenters. The maximum atomic E-state index is 13.9. The van der Waals surface area contributed by atoms with Crippen LogP contribution >= 0.6 is 11.6 Å². The van der Waals surface area contributed by atoms with Gasteiger partial charge in [-0.15, -0.1) is 10.2 Å². The van der Waals surface area contributed by atoms with Crippen LogP contribution in [0.25, 0.3) is 5.69 Å². The first-order chi connectivity index (χ1) is 16.4. The number of hydrogen-bond donors (Lipinski definition) is 0. The lowest BCUT2D eigenvalue weighted by Crippen LogP contribution is -2.19. The molecule has 2 heterocycles. The van der Waals surface area contributed by atoms with Gasteiger partial charge >= 0.3 is 18.3 Å². The van der Waals surface area contributed by atoms with Gasteiger partial charge in [0.2, 0.25) is 5.82 Å². The molecule has 1 aliphatic rings. The lowest BCUT2D eigenvalue weighted by Gasteiger charge is -2.25. The summed E-state index contributed by atoms with van der Waals surface area (Å²) in [5, 5.41) is 6.89. The largest absolute Gasteiger partial charge is 0.466 e. The normalized spacial score (nSPS) is 17.9.